The second-order valence-electron chi connectivity index (χ2n) is 5.17. The van der Waals surface area contributed by atoms with Gasteiger partial charge in [0.2, 0.25) is 0 Å². The zero-order valence-corrected chi connectivity index (χ0v) is 12.2. The maximum Gasteiger partial charge on any atom is 0.319 e. The first kappa shape index (κ1) is 14.1. The lowest BCUT2D eigenvalue weighted by atomic mass is 10.1. The summed E-state index contributed by atoms with van der Waals surface area (Å²) in [5, 5.41) is 5.71. The second kappa shape index (κ2) is 6.24. The molecule has 0 heterocycles. The summed E-state index contributed by atoms with van der Waals surface area (Å²) in [5.41, 5.74) is 5.40. The molecule has 0 radical (unpaired) electrons. The van der Waals surface area contributed by atoms with E-state index in [1.165, 1.54) is 5.56 Å². The lowest BCUT2D eigenvalue weighted by Crippen LogP contribution is -2.28. The Morgan fingerprint density at radius 1 is 0.900 bits per heavy atom. The topological polar surface area (TPSA) is 41.1 Å². The van der Waals surface area contributed by atoms with E-state index in [0.717, 1.165) is 22.4 Å². The van der Waals surface area contributed by atoms with Crippen molar-refractivity contribution in [3.8, 4) is 0 Å². The molecule has 3 nitrogen and oxygen atoms in total. The first-order chi connectivity index (χ1) is 9.52. The number of rotatable bonds is 3. The van der Waals surface area contributed by atoms with Gasteiger partial charge in [0.25, 0.3) is 0 Å². The van der Waals surface area contributed by atoms with Crippen LogP contribution in [0, 0.1) is 20.8 Å². The standard InChI is InChI=1S/C17H20N2O/c1-12-4-6-15(7-5-12)11-18-17(20)19-16-9-13(2)8-14(3)10-16/h4-10H,11H2,1-3H3,(H2,18,19,20). The Morgan fingerprint density at radius 2 is 1.50 bits per heavy atom. The van der Waals surface area contributed by atoms with Crippen molar-refractivity contribution >= 4 is 11.7 Å². The van der Waals surface area contributed by atoms with E-state index in [4.69, 9.17) is 0 Å². The van der Waals surface area contributed by atoms with Gasteiger partial charge >= 0.3 is 6.03 Å². The van der Waals surface area contributed by atoms with E-state index in [1.54, 1.807) is 0 Å². The zero-order valence-electron chi connectivity index (χ0n) is 12.2. The monoisotopic (exact) mass is 268 g/mol. The third kappa shape index (κ3) is 4.12. The minimum atomic E-state index is -0.185. The van der Waals surface area contributed by atoms with Gasteiger partial charge in [0.15, 0.2) is 0 Å². The van der Waals surface area contributed by atoms with Crippen LogP contribution in [0.4, 0.5) is 10.5 Å². The van der Waals surface area contributed by atoms with Crippen molar-refractivity contribution in [1.82, 2.24) is 5.32 Å². The molecule has 0 aliphatic rings. The van der Waals surface area contributed by atoms with Crippen molar-refractivity contribution in [3.63, 3.8) is 0 Å². The molecule has 0 unspecified atom stereocenters. The maximum absolute atomic E-state index is 11.9. The third-order valence-corrected chi connectivity index (χ3v) is 3.05. The molecule has 104 valence electrons. The molecule has 2 rings (SSSR count). The number of carbonyl (C=O) groups is 1. The van der Waals surface area contributed by atoms with Crippen LogP contribution >= 0.6 is 0 Å². The van der Waals surface area contributed by atoms with Crippen LogP contribution in [0.1, 0.15) is 22.3 Å². The summed E-state index contributed by atoms with van der Waals surface area (Å²) in [4.78, 5) is 11.9. The zero-order chi connectivity index (χ0) is 14.5. The molecular formula is C17H20N2O. The van der Waals surface area contributed by atoms with Crippen molar-refractivity contribution in [2.75, 3.05) is 5.32 Å². The summed E-state index contributed by atoms with van der Waals surface area (Å²) >= 11 is 0. The normalized spacial score (nSPS) is 10.2. The fourth-order valence-electron chi connectivity index (χ4n) is 2.11. The predicted molar refractivity (Wildman–Crippen MR) is 83.0 cm³/mol. The highest BCUT2D eigenvalue weighted by Gasteiger charge is 2.02. The summed E-state index contributed by atoms with van der Waals surface area (Å²) in [6.45, 7) is 6.60. The number of carbonyl (C=O) groups excluding carboxylic acids is 1. The Hall–Kier alpha value is -2.29. The van der Waals surface area contributed by atoms with Gasteiger partial charge in [-0.2, -0.15) is 0 Å². The van der Waals surface area contributed by atoms with Crippen molar-refractivity contribution < 1.29 is 4.79 Å². The Labute approximate surface area is 120 Å². The minimum absolute atomic E-state index is 0.185. The summed E-state index contributed by atoms with van der Waals surface area (Å²) < 4.78 is 0. The number of urea groups is 1. The van der Waals surface area contributed by atoms with Gasteiger partial charge < -0.3 is 10.6 Å². The molecule has 2 aromatic rings. The SMILES string of the molecule is Cc1ccc(CNC(=O)Nc2cc(C)cc(C)c2)cc1. The van der Waals surface area contributed by atoms with E-state index in [1.807, 2.05) is 57.2 Å². The van der Waals surface area contributed by atoms with Crippen molar-refractivity contribution in [2.24, 2.45) is 0 Å². The molecule has 0 aliphatic carbocycles. The predicted octanol–water partition coefficient (Wildman–Crippen LogP) is 3.93. The van der Waals surface area contributed by atoms with Crippen LogP contribution in [-0.4, -0.2) is 6.03 Å². The molecule has 0 spiro atoms. The van der Waals surface area contributed by atoms with Crippen LogP contribution < -0.4 is 10.6 Å². The number of benzene rings is 2. The smallest absolute Gasteiger partial charge is 0.319 e. The van der Waals surface area contributed by atoms with Gasteiger partial charge in [-0.25, -0.2) is 4.79 Å². The molecular weight excluding hydrogens is 248 g/mol. The van der Waals surface area contributed by atoms with E-state index in [2.05, 4.69) is 16.7 Å². The minimum Gasteiger partial charge on any atom is -0.334 e. The molecule has 2 aromatic carbocycles. The first-order valence-electron chi connectivity index (χ1n) is 6.71. The van der Waals surface area contributed by atoms with Crippen molar-refractivity contribution in [3.05, 3.63) is 64.7 Å². The Kier molecular flexibility index (Phi) is 4.41. The molecule has 0 saturated heterocycles. The molecule has 0 bridgehead atoms. The fourth-order valence-corrected chi connectivity index (χ4v) is 2.11. The van der Waals surface area contributed by atoms with Crippen LogP contribution in [0.3, 0.4) is 0 Å². The quantitative estimate of drug-likeness (QED) is 0.870. The van der Waals surface area contributed by atoms with Crippen molar-refractivity contribution in [1.29, 1.82) is 0 Å². The lowest BCUT2D eigenvalue weighted by molar-refractivity contribution is 0.251. The summed E-state index contributed by atoms with van der Waals surface area (Å²) in [5.74, 6) is 0. The summed E-state index contributed by atoms with van der Waals surface area (Å²) in [6, 6.07) is 13.9. The van der Waals surface area contributed by atoms with E-state index in [-0.39, 0.29) is 6.03 Å². The van der Waals surface area contributed by atoms with E-state index in [9.17, 15) is 4.79 Å². The van der Waals surface area contributed by atoms with Crippen molar-refractivity contribution in [2.45, 2.75) is 27.3 Å². The van der Waals surface area contributed by atoms with Gasteiger partial charge in [0.1, 0.15) is 0 Å². The fraction of sp³-hybridized carbons (Fsp3) is 0.235. The maximum atomic E-state index is 11.9. The highest BCUT2D eigenvalue weighted by molar-refractivity contribution is 5.89. The number of hydrogen-bond donors (Lipinski definition) is 2. The highest BCUT2D eigenvalue weighted by atomic mass is 16.2. The van der Waals surface area contributed by atoms with Gasteiger partial charge in [0.05, 0.1) is 0 Å². The van der Waals surface area contributed by atoms with Crippen LogP contribution in [0.2, 0.25) is 0 Å². The van der Waals surface area contributed by atoms with Gasteiger partial charge in [-0.3, -0.25) is 0 Å². The van der Waals surface area contributed by atoms with E-state index >= 15 is 0 Å². The molecule has 2 N–H and O–H groups in total. The average molecular weight is 268 g/mol. The van der Waals surface area contributed by atoms with Crippen LogP contribution in [0.25, 0.3) is 0 Å². The molecule has 3 heteroatoms. The Balaban J connectivity index is 1.90. The molecule has 0 atom stereocenters. The summed E-state index contributed by atoms with van der Waals surface area (Å²) in [6.07, 6.45) is 0. The number of amides is 2. The average Bonchev–Trinajstić information content (AvgIpc) is 2.37. The Morgan fingerprint density at radius 3 is 2.10 bits per heavy atom. The number of hydrogen-bond acceptors (Lipinski definition) is 1. The molecule has 0 aliphatic heterocycles. The highest BCUT2D eigenvalue weighted by Crippen LogP contribution is 2.13. The number of nitrogens with one attached hydrogen (secondary N) is 2. The molecule has 0 fully saturated rings. The van der Waals surface area contributed by atoms with Crippen LogP contribution in [0.15, 0.2) is 42.5 Å². The van der Waals surface area contributed by atoms with E-state index < -0.39 is 0 Å². The Bertz CT molecular complexity index is 583. The van der Waals surface area contributed by atoms with Gasteiger partial charge in [0, 0.05) is 12.2 Å². The lowest BCUT2D eigenvalue weighted by Gasteiger charge is -2.09. The van der Waals surface area contributed by atoms with Gasteiger partial charge in [-0.1, -0.05) is 35.9 Å². The molecule has 20 heavy (non-hydrogen) atoms. The molecule has 2 amide bonds. The van der Waals surface area contributed by atoms with Crippen LogP contribution in [-0.2, 0) is 6.54 Å². The molecule has 0 saturated carbocycles. The largest absolute Gasteiger partial charge is 0.334 e. The third-order valence-electron chi connectivity index (χ3n) is 3.05. The van der Waals surface area contributed by atoms with Gasteiger partial charge in [-0.15, -0.1) is 0 Å². The summed E-state index contributed by atoms with van der Waals surface area (Å²) in [7, 11) is 0. The van der Waals surface area contributed by atoms with Gasteiger partial charge in [-0.05, 0) is 49.6 Å². The first-order valence-corrected chi connectivity index (χ1v) is 6.71. The number of aryl methyl sites for hydroxylation is 3. The second-order valence-corrected chi connectivity index (χ2v) is 5.17. The molecule has 0 aromatic heterocycles. The number of anilines is 1. The van der Waals surface area contributed by atoms with E-state index in [0.29, 0.717) is 6.54 Å². The van der Waals surface area contributed by atoms with Crippen LogP contribution in [0.5, 0.6) is 0 Å².